The molecule has 1 amide bonds. The quantitative estimate of drug-likeness (QED) is 0.738. The first-order valence-corrected chi connectivity index (χ1v) is 6.77. The van der Waals surface area contributed by atoms with E-state index in [0.29, 0.717) is 12.3 Å². The number of anilines is 1. The summed E-state index contributed by atoms with van der Waals surface area (Å²) in [6, 6.07) is 9.84. The molecular formula is C17H16N2O2. The number of hydrogen-bond acceptors (Lipinski definition) is 3. The van der Waals surface area contributed by atoms with E-state index in [4.69, 9.17) is 4.42 Å². The Morgan fingerprint density at radius 1 is 1.10 bits per heavy atom. The molecule has 21 heavy (non-hydrogen) atoms. The molecule has 0 unspecified atom stereocenters. The fourth-order valence-corrected chi connectivity index (χ4v) is 2.47. The van der Waals surface area contributed by atoms with Gasteiger partial charge in [0.05, 0.1) is 0 Å². The van der Waals surface area contributed by atoms with Gasteiger partial charge in [-0.3, -0.25) is 4.79 Å². The summed E-state index contributed by atoms with van der Waals surface area (Å²) in [7, 11) is 0. The smallest absolute Gasteiger partial charge is 0.227 e. The summed E-state index contributed by atoms with van der Waals surface area (Å²) in [5.74, 6) is 0.563. The van der Waals surface area contributed by atoms with Crippen molar-refractivity contribution in [2.24, 2.45) is 0 Å². The van der Waals surface area contributed by atoms with Crippen molar-refractivity contribution in [3.8, 4) is 11.5 Å². The molecular weight excluding hydrogens is 264 g/mol. The molecule has 0 atom stereocenters. The maximum Gasteiger partial charge on any atom is 0.227 e. The van der Waals surface area contributed by atoms with Gasteiger partial charge >= 0.3 is 0 Å². The van der Waals surface area contributed by atoms with Crippen molar-refractivity contribution in [1.82, 2.24) is 4.98 Å². The van der Waals surface area contributed by atoms with E-state index in [1.54, 1.807) is 0 Å². The fraction of sp³-hybridized carbons (Fsp3) is 0.176. The van der Waals surface area contributed by atoms with Gasteiger partial charge in [-0.25, -0.2) is 4.98 Å². The summed E-state index contributed by atoms with van der Waals surface area (Å²) in [5, 5.41) is 2.69. The number of aromatic nitrogens is 1. The number of carbonyl (C=O) groups excluding carboxylic acids is 1. The fourth-order valence-electron chi connectivity index (χ4n) is 2.47. The van der Waals surface area contributed by atoms with Crippen LogP contribution in [0.5, 0.6) is 0 Å². The zero-order chi connectivity index (χ0) is 15.0. The molecule has 0 aliphatic carbocycles. The normalized spacial score (nSPS) is 10.8. The average Bonchev–Trinajstić information content (AvgIpc) is 2.85. The number of amides is 1. The number of nitrogens with one attached hydrogen (secondary N) is 1. The topological polar surface area (TPSA) is 55.1 Å². The lowest BCUT2D eigenvalue weighted by Crippen LogP contribution is -1.96. The van der Waals surface area contributed by atoms with Gasteiger partial charge in [0, 0.05) is 11.3 Å². The first-order chi connectivity index (χ1) is 10.1. The highest BCUT2D eigenvalue weighted by Crippen LogP contribution is 2.29. The standard InChI is InChI=1S/C17H16N2O2/c1-10-6-12(3)16-15(7-10)19-17(21-16)13-5-4-11(2)14(8-13)18-9-20/h4-9H,1-3H3,(H,18,20). The lowest BCUT2D eigenvalue weighted by atomic mass is 10.1. The van der Waals surface area contributed by atoms with Crippen molar-refractivity contribution < 1.29 is 9.21 Å². The Balaban J connectivity index is 2.14. The molecule has 1 heterocycles. The molecule has 0 saturated heterocycles. The number of benzene rings is 2. The number of aryl methyl sites for hydroxylation is 3. The van der Waals surface area contributed by atoms with Gasteiger partial charge < -0.3 is 9.73 Å². The van der Waals surface area contributed by atoms with Crippen LogP contribution in [0.2, 0.25) is 0 Å². The van der Waals surface area contributed by atoms with Crippen LogP contribution in [0.25, 0.3) is 22.6 Å². The van der Waals surface area contributed by atoms with Crippen LogP contribution >= 0.6 is 0 Å². The van der Waals surface area contributed by atoms with Crippen molar-refractivity contribution in [2.75, 3.05) is 5.32 Å². The van der Waals surface area contributed by atoms with Crippen molar-refractivity contribution in [3.05, 3.63) is 47.0 Å². The summed E-state index contributed by atoms with van der Waals surface area (Å²) in [6.07, 6.45) is 0.672. The largest absolute Gasteiger partial charge is 0.436 e. The predicted octanol–water partition coefficient (Wildman–Crippen LogP) is 3.99. The Kier molecular flexibility index (Phi) is 3.22. The number of rotatable bonds is 3. The van der Waals surface area contributed by atoms with Crippen LogP contribution in [0.3, 0.4) is 0 Å². The number of carbonyl (C=O) groups is 1. The lowest BCUT2D eigenvalue weighted by molar-refractivity contribution is -0.105. The first-order valence-electron chi connectivity index (χ1n) is 6.77. The summed E-state index contributed by atoms with van der Waals surface area (Å²) in [6.45, 7) is 5.99. The highest BCUT2D eigenvalue weighted by molar-refractivity contribution is 5.81. The van der Waals surface area contributed by atoms with Gasteiger partial charge in [-0.1, -0.05) is 12.1 Å². The molecule has 0 aliphatic rings. The third-order valence-electron chi connectivity index (χ3n) is 3.52. The predicted molar refractivity (Wildman–Crippen MR) is 83.3 cm³/mol. The minimum absolute atomic E-state index is 0.563. The molecule has 0 radical (unpaired) electrons. The molecule has 0 fully saturated rings. The highest BCUT2D eigenvalue weighted by atomic mass is 16.3. The summed E-state index contributed by atoms with van der Waals surface area (Å²) in [5.41, 5.74) is 6.49. The van der Waals surface area contributed by atoms with E-state index in [1.165, 1.54) is 0 Å². The van der Waals surface area contributed by atoms with Crippen LogP contribution in [0.1, 0.15) is 16.7 Å². The zero-order valence-corrected chi connectivity index (χ0v) is 12.2. The van der Waals surface area contributed by atoms with Gasteiger partial charge in [0.1, 0.15) is 5.52 Å². The SMILES string of the molecule is Cc1cc(C)c2oc(-c3ccc(C)c(NC=O)c3)nc2c1. The third-order valence-corrected chi connectivity index (χ3v) is 3.52. The first kappa shape index (κ1) is 13.4. The van der Waals surface area contributed by atoms with E-state index in [-0.39, 0.29) is 0 Å². The molecule has 3 aromatic rings. The maximum absolute atomic E-state index is 10.6. The molecule has 1 N–H and O–H groups in total. The molecule has 4 heteroatoms. The lowest BCUT2D eigenvalue weighted by Gasteiger charge is -2.05. The number of hydrogen-bond donors (Lipinski definition) is 1. The second-order valence-electron chi connectivity index (χ2n) is 5.24. The van der Waals surface area contributed by atoms with Gasteiger partial charge in [-0.15, -0.1) is 0 Å². The molecule has 2 aromatic carbocycles. The van der Waals surface area contributed by atoms with Crippen LogP contribution < -0.4 is 5.32 Å². The van der Waals surface area contributed by atoms with Gasteiger partial charge in [0.2, 0.25) is 12.3 Å². The monoisotopic (exact) mass is 280 g/mol. The van der Waals surface area contributed by atoms with E-state index < -0.39 is 0 Å². The van der Waals surface area contributed by atoms with E-state index in [1.807, 2.05) is 45.0 Å². The molecule has 1 aromatic heterocycles. The molecule has 0 aliphatic heterocycles. The molecule has 0 spiro atoms. The maximum atomic E-state index is 10.6. The summed E-state index contributed by atoms with van der Waals surface area (Å²) >= 11 is 0. The molecule has 0 bridgehead atoms. The van der Waals surface area contributed by atoms with Crippen LogP contribution in [-0.2, 0) is 4.79 Å². The summed E-state index contributed by atoms with van der Waals surface area (Å²) in [4.78, 5) is 15.2. The van der Waals surface area contributed by atoms with Crippen LogP contribution in [-0.4, -0.2) is 11.4 Å². The van der Waals surface area contributed by atoms with Crippen molar-refractivity contribution in [3.63, 3.8) is 0 Å². The third kappa shape index (κ3) is 2.40. The Labute approximate surface area is 122 Å². The average molecular weight is 280 g/mol. The van der Waals surface area contributed by atoms with Gasteiger partial charge in [0.15, 0.2) is 5.58 Å². The molecule has 4 nitrogen and oxygen atoms in total. The second-order valence-corrected chi connectivity index (χ2v) is 5.24. The molecule has 3 rings (SSSR count). The Morgan fingerprint density at radius 3 is 2.67 bits per heavy atom. The van der Waals surface area contributed by atoms with Gasteiger partial charge in [-0.2, -0.15) is 0 Å². The zero-order valence-electron chi connectivity index (χ0n) is 12.2. The van der Waals surface area contributed by atoms with E-state index in [0.717, 1.165) is 39.0 Å². The second kappa shape index (κ2) is 5.05. The minimum atomic E-state index is 0.563. The van der Waals surface area contributed by atoms with Crippen LogP contribution in [0.4, 0.5) is 5.69 Å². The Bertz CT molecular complexity index is 834. The van der Waals surface area contributed by atoms with Gasteiger partial charge in [0.25, 0.3) is 0 Å². The minimum Gasteiger partial charge on any atom is -0.436 e. The highest BCUT2D eigenvalue weighted by Gasteiger charge is 2.12. The van der Waals surface area contributed by atoms with Gasteiger partial charge in [-0.05, 0) is 55.7 Å². The van der Waals surface area contributed by atoms with Crippen LogP contribution in [0, 0.1) is 20.8 Å². The van der Waals surface area contributed by atoms with Crippen molar-refractivity contribution in [2.45, 2.75) is 20.8 Å². The number of oxazole rings is 1. The van der Waals surface area contributed by atoms with Crippen molar-refractivity contribution in [1.29, 1.82) is 0 Å². The van der Waals surface area contributed by atoms with Crippen molar-refractivity contribution >= 4 is 23.2 Å². The van der Waals surface area contributed by atoms with E-state index in [2.05, 4.69) is 16.4 Å². The number of fused-ring (bicyclic) bond motifs is 1. The molecule has 0 saturated carbocycles. The summed E-state index contributed by atoms with van der Waals surface area (Å²) < 4.78 is 5.89. The van der Waals surface area contributed by atoms with Crippen LogP contribution in [0.15, 0.2) is 34.7 Å². The Hall–Kier alpha value is -2.62. The van der Waals surface area contributed by atoms with E-state index in [9.17, 15) is 4.79 Å². The van der Waals surface area contributed by atoms with E-state index >= 15 is 0 Å². The number of nitrogens with zero attached hydrogens (tertiary/aromatic N) is 1. The Morgan fingerprint density at radius 2 is 1.90 bits per heavy atom. The molecule has 106 valence electrons.